The van der Waals surface area contributed by atoms with Crippen LogP contribution in [-0.4, -0.2) is 60.1 Å². The lowest BCUT2D eigenvalue weighted by Gasteiger charge is -2.36. The Hall–Kier alpha value is -3.07. The van der Waals surface area contributed by atoms with Gasteiger partial charge in [0.25, 0.3) is 0 Å². The number of carboxylic acids is 2. The van der Waals surface area contributed by atoms with Gasteiger partial charge in [-0.3, -0.25) is 4.79 Å². The minimum atomic E-state index is -1.82. The quantitative estimate of drug-likeness (QED) is 0.530. The first-order chi connectivity index (χ1) is 15.7. The molecule has 0 bridgehead atoms. The average molecular weight is 487 g/mol. The van der Waals surface area contributed by atoms with Crippen molar-refractivity contribution in [1.29, 1.82) is 0 Å². The zero-order valence-corrected chi connectivity index (χ0v) is 19.6. The minimum Gasteiger partial charge on any atom is -0.473 e. The summed E-state index contributed by atoms with van der Waals surface area (Å²) in [5, 5.41) is 18.0. The molecule has 172 valence electrons. The van der Waals surface area contributed by atoms with E-state index in [1.54, 1.807) is 0 Å². The number of hydrogen-bond donors (Lipinski definition) is 2. The molecule has 1 unspecified atom stereocenters. The Balaban J connectivity index is 0.000000454. The van der Waals surface area contributed by atoms with E-state index in [1.807, 2.05) is 59.9 Å². The van der Waals surface area contributed by atoms with Crippen molar-refractivity contribution in [3.05, 3.63) is 71.2 Å². The van der Waals surface area contributed by atoms with Gasteiger partial charge in [-0.15, -0.1) is 11.8 Å². The Kier molecular flexibility index (Phi) is 7.97. The van der Waals surface area contributed by atoms with Crippen molar-refractivity contribution in [3.63, 3.8) is 0 Å². The molecule has 3 aromatic rings. The molecule has 9 heteroatoms. The molecular weight excluding hydrogens is 464 g/mol. The SMILES string of the molecule is CN(C)CC(=O)N1CC(c2ccc(Cl)cc2)Sc2ccc3ccccc3c21.O=C(O)C(=O)O. The summed E-state index contributed by atoms with van der Waals surface area (Å²) < 4.78 is 0. The van der Waals surface area contributed by atoms with Gasteiger partial charge in [0.1, 0.15) is 0 Å². The van der Waals surface area contributed by atoms with Crippen LogP contribution in [0.3, 0.4) is 0 Å². The fraction of sp³-hybridized carbons (Fsp3) is 0.208. The molecule has 33 heavy (non-hydrogen) atoms. The maximum Gasteiger partial charge on any atom is 0.414 e. The Morgan fingerprint density at radius 3 is 2.24 bits per heavy atom. The monoisotopic (exact) mass is 486 g/mol. The lowest BCUT2D eigenvalue weighted by molar-refractivity contribution is -0.159. The zero-order chi connectivity index (χ0) is 24.1. The number of nitrogens with zero attached hydrogens (tertiary/aromatic N) is 2. The molecule has 4 rings (SSSR count). The van der Waals surface area contributed by atoms with Gasteiger partial charge in [0.2, 0.25) is 5.91 Å². The molecule has 7 nitrogen and oxygen atoms in total. The van der Waals surface area contributed by atoms with Crippen LogP contribution in [0.4, 0.5) is 5.69 Å². The van der Waals surface area contributed by atoms with Crippen molar-refractivity contribution in [1.82, 2.24) is 4.90 Å². The average Bonchev–Trinajstić information content (AvgIpc) is 2.78. The lowest BCUT2D eigenvalue weighted by Crippen LogP contribution is -2.41. The number of fused-ring (bicyclic) bond motifs is 3. The van der Waals surface area contributed by atoms with Gasteiger partial charge in [0.05, 0.1) is 17.5 Å². The molecule has 0 saturated heterocycles. The van der Waals surface area contributed by atoms with E-state index in [0.717, 1.165) is 26.4 Å². The van der Waals surface area contributed by atoms with Crippen molar-refractivity contribution in [2.75, 3.05) is 32.1 Å². The largest absolute Gasteiger partial charge is 0.473 e. The van der Waals surface area contributed by atoms with Gasteiger partial charge in [0.15, 0.2) is 0 Å². The van der Waals surface area contributed by atoms with Gasteiger partial charge >= 0.3 is 11.9 Å². The zero-order valence-electron chi connectivity index (χ0n) is 18.1. The molecule has 1 heterocycles. The molecule has 0 spiro atoms. The Bertz CT molecular complexity index is 1170. The number of amides is 1. The number of rotatable bonds is 3. The van der Waals surface area contributed by atoms with Crippen LogP contribution in [0.5, 0.6) is 0 Å². The summed E-state index contributed by atoms with van der Waals surface area (Å²) >= 11 is 7.88. The van der Waals surface area contributed by atoms with Crippen molar-refractivity contribution < 1.29 is 24.6 Å². The van der Waals surface area contributed by atoms with E-state index >= 15 is 0 Å². The fourth-order valence-corrected chi connectivity index (χ4v) is 4.92. The summed E-state index contributed by atoms with van der Waals surface area (Å²) in [5.74, 6) is -3.53. The van der Waals surface area contributed by atoms with E-state index in [1.165, 1.54) is 5.56 Å². The van der Waals surface area contributed by atoms with Gasteiger partial charge in [-0.2, -0.15) is 0 Å². The molecule has 0 saturated carbocycles. The van der Waals surface area contributed by atoms with E-state index in [4.69, 9.17) is 31.4 Å². The second-order valence-corrected chi connectivity index (χ2v) is 9.32. The van der Waals surface area contributed by atoms with Crippen LogP contribution in [0.2, 0.25) is 5.02 Å². The predicted octanol–water partition coefficient (Wildman–Crippen LogP) is 4.39. The molecule has 1 atom stereocenters. The highest BCUT2D eigenvalue weighted by Gasteiger charge is 2.31. The van der Waals surface area contributed by atoms with Gasteiger partial charge in [-0.05, 0) is 43.2 Å². The standard InChI is InChI=1S/C22H21ClN2OS.C2H2O4/c1-24(2)14-21(26)25-13-20(16-7-10-17(23)11-8-16)27-19-12-9-15-5-3-4-6-18(15)22(19)25;3-1(4)2(5)6/h3-12,20H,13-14H2,1-2H3;(H,3,4)(H,5,6). The lowest BCUT2D eigenvalue weighted by atomic mass is 10.1. The number of thioether (sulfide) groups is 1. The van der Waals surface area contributed by atoms with Crippen molar-refractivity contribution in [2.24, 2.45) is 0 Å². The number of anilines is 1. The summed E-state index contributed by atoms with van der Waals surface area (Å²) in [6, 6.07) is 20.5. The van der Waals surface area contributed by atoms with E-state index in [9.17, 15) is 4.79 Å². The molecular formula is C24H23ClN2O5S. The summed E-state index contributed by atoms with van der Waals surface area (Å²) in [6.07, 6.45) is 0. The third-order valence-electron chi connectivity index (χ3n) is 4.93. The topological polar surface area (TPSA) is 98.2 Å². The van der Waals surface area contributed by atoms with E-state index in [-0.39, 0.29) is 11.2 Å². The number of benzene rings is 3. The first kappa shape index (κ1) is 24.6. The fourth-order valence-electron chi connectivity index (χ4n) is 3.49. The third-order valence-corrected chi connectivity index (χ3v) is 6.47. The third kappa shape index (κ3) is 6.04. The molecule has 2 N–H and O–H groups in total. The van der Waals surface area contributed by atoms with Crippen LogP contribution >= 0.6 is 23.4 Å². The van der Waals surface area contributed by atoms with E-state index in [0.29, 0.717) is 13.1 Å². The van der Waals surface area contributed by atoms with Crippen molar-refractivity contribution in [3.8, 4) is 0 Å². The van der Waals surface area contributed by atoms with Gasteiger partial charge in [-0.1, -0.05) is 54.1 Å². The summed E-state index contributed by atoms with van der Waals surface area (Å²) in [4.78, 5) is 36.3. The number of carbonyl (C=O) groups excluding carboxylic acids is 1. The van der Waals surface area contributed by atoms with Crippen LogP contribution in [0, 0.1) is 0 Å². The molecule has 0 aromatic heterocycles. The number of aliphatic carboxylic acids is 2. The van der Waals surface area contributed by atoms with Crippen molar-refractivity contribution in [2.45, 2.75) is 10.1 Å². The normalized spacial score (nSPS) is 14.9. The van der Waals surface area contributed by atoms with Crippen LogP contribution < -0.4 is 4.90 Å². The molecule has 0 aliphatic carbocycles. The molecule has 1 aliphatic rings. The molecule has 1 aliphatic heterocycles. The second-order valence-electron chi connectivity index (χ2n) is 7.64. The first-order valence-electron chi connectivity index (χ1n) is 10.0. The molecule has 1 amide bonds. The highest BCUT2D eigenvalue weighted by atomic mass is 35.5. The number of halogens is 1. The maximum atomic E-state index is 13.1. The van der Waals surface area contributed by atoms with Crippen LogP contribution in [0.1, 0.15) is 10.8 Å². The van der Waals surface area contributed by atoms with Gasteiger partial charge in [-0.25, -0.2) is 9.59 Å². The van der Waals surface area contributed by atoms with Gasteiger partial charge < -0.3 is 20.0 Å². The Morgan fingerprint density at radius 2 is 1.64 bits per heavy atom. The molecule has 0 radical (unpaired) electrons. The number of carbonyl (C=O) groups is 3. The highest BCUT2D eigenvalue weighted by molar-refractivity contribution is 7.99. The maximum absolute atomic E-state index is 13.1. The minimum absolute atomic E-state index is 0.122. The van der Waals surface area contributed by atoms with E-state index < -0.39 is 11.9 Å². The van der Waals surface area contributed by atoms with E-state index in [2.05, 4.69) is 36.4 Å². The Morgan fingerprint density at radius 1 is 1.00 bits per heavy atom. The van der Waals surface area contributed by atoms with Crippen LogP contribution in [-0.2, 0) is 14.4 Å². The Labute approximate surface area is 200 Å². The van der Waals surface area contributed by atoms with Crippen molar-refractivity contribution >= 4 is 57.7 Å². The highest BCUT2D eigenvalue weighted by Crippen LogP contribution is 2.48. The molecule has 3 aromatic carbocycles. The summed E-state index contributed by atoms with van der Waals surface area (Å²) in [7, 11) is 3.86. The number of hydrogen-bond acceptors (Lipinski definition) is 5. The molecule has 0 fully saturated rings. The first-order valence-corrected chi connectivity index (χ1v) is 11.3. The summed E-state index contributed by atoms with van der Waals surface area (Å²) in [6.45, 7) is 1.04. The summed E-state index contributed by atoms with van der Waals surface area (Å²) in [5.41, 5.74) is 2.22. The van der Waals surface area contributed by atoms with Crippen LogP contribution in [0.15, 0.2) is 65.6 Å². The number of carboxylic acid groups (broad SMARTS) is 2. The smallest absolute Gasteiger partial charge is 0.414 e. The predicted molar refractivity (Wildman–Crippen MR) is 130 cm³/mol. The second kappa shape index (κ2) is 10.7. The van der Waals surface area contributed by atoms with Gasteiger partial charge in [0, 0.05) is 21.8 Å². The van der Waals surface area contributed by atoms with Crippen LogP contribution in [0.25, 0.3) is 10.8 Å². The number of likely N-dealkylation sites (N-methyl/N-ethyl adjacent to an activating group) is 1.